The van der Waals surface area contributed by atoms with Crippen LogP contribution in [-0.2, 0) is 0 Å². The minimum absolute atomic E-state index is 0.945. The summed E-state index contributed by atoms with van der Waals surface area (Å²) in [4.78, 5) is 0. The molecule has 0 aliphatic carbocycles. The highest BCUT2D eigenvalue weighted by Gasteiger charge is 1.69. The van der Waals surface area contributed by atoms with E-state index in [1.807, 2.05) is 6.92 Å². The van der Waals surface area contributed by atoms with Crippen LogP contribution in [0.4, 0.5) is 0 Å². The molecular weight excluding hydrogens is 96.1 g/mol. The third-order valence-corrected chi connectivity index (χ3v) is 1.18. The molecule has 0 bridgehead atoms. The van der Waals surface area contributed by atoms with Gasteiger partial charge in [0.05, 0.1) is 0 Å². The first kappa shape index (κ1) is 7.61. The van der Waals surface area contributed by atoms with Gasteiger partial charge >= 0.3 is 0 Å². The monoisotopic (exact) mass is 110 g/mol. The molecule has 0 saturated carbocycles. The van der Waals surface area contributed by atoms with E-state index in [1.54, 1.807) is 0 Å². The van der Waals surface area contributed by atoms with Gasteiger partial charge in [0.25, 0.3) is 0 Å². The molecule has 48 valence electrons. The number of hydrogen-bond acceptors (Lipinski definition) is 0. The van der Waals surface area contributed by atoms with Gasteiger partial charge in [-0.05, 0) is 0 Å². The molecule has 0 spiro atoms. The molecule has 0 atom stereocenters. The summed E-state index contributed by atoms with van der Waals surface area (Å²) in [7, 11) is 0. The number of rotatable bonds is 3. The van der Waals surface area contributed by atoms with Crippen LogP contribution in [0, 0.1) is 13.3 Å². The summed E-state index contributed by atoms with van der Waals surface area (Å²) < 4.78 is 0. The lowest BCUT2D eigenvalue weighted by molar-refractivity contribution is 1.02. The molecule has 0 heteroatoms. The molecule has 0 radical (unpaired) electrons. The fourth-order valence-corrected chi connectivity index (χ4v) is 0.614. The Morgan fingerprint density at radius 2 is 2.38 bits per heavy atom. The van der Waals surface area contributed by atoms with Crippen LogP contribution in [0.5, 0.6) is 0 Å². The third kappa shape index (κ3) is 2.73. The summed E-state index contributed by atoms with van der Waals surface area (Å²) in [6, 6.07) is 0. The highest BCUT2D eigenvalue weighted by molar-refractivity contribution is 5.06. The van der Waals surface area contributed by atoms with Crippen molar-refractivity contribution in [1.29, 1.82) is 0 Å². The van der Waals surface area contributed by atoms with Gasteiger partial charge < -0.3 is 6.92 Å². The van der Waals surface area contributed by atoms with Gasteiger partial charge in [0.2, 0.25) is 0 Å². The SMILES string of the molecule is [CH2-]CC(=C[CH-]C)CC. The fraction of sp³-hybridized carbons (Fsp3) is 0.500. The molecule has 8 heavy (non-hydrogen) atoms. The largest absolute Gasteiger partial charge is 0.356 e. The Hall–Kier alpha value is -0.390. The third-order valence-electron chi connectivity index (χ3n) is 1.18. The van der Waals surface area contributed by atoms with E-state index in [0.717, 1.165) is 12.8 Å². The average molecular weight is 110 g/mol. The average Bonchev–Trinajstić information content (AvgIpc) is 1.83. The van der Waals surface area contributed by atoms with Crippen LogP contribution < -0.4 is 0 Å². The van der Waals surface area contributed by atoms with Gasteiger partial charge in [-0.3, -0.25) is 0 Å². The van der Waals surface area contributed by atoms with Crippen LogP contribution in [0.2, 0.25) is 0 Å². The maximum atomic E-state index is 3.79. The predicted molar refractivity (Wildman–Crippen MR) is 38.3 cm³/mol. The minimum atomic E-state index is 0.945. The highest BCUT2D eigenvalue weighted by Crippen LogP contribution is 2.04. The number of hydrogen-bond donors (Lipinski definition) is 0. The smallest absolute Gasteiger partial charge is 0.0771 e. The topological polar surface area (TPSA) is 0 Å². The maximum absolute atomic E-state index is 3.79. The lowest BCUT2D eigenvalue weighted by Gasteiger charge is -2.11. The summed E-state index contributed by atoms with van der Waals surface area (Å²) in [5.74, 6) is 0. The standard InChI is InChI=1S/C8H14/c1-4-7-8(5-2)6-3/h4,7H,2,5-6H2,1,3H3/q-2. The molecule has 0 saturated heterocycles. The van der Waals surface area contributed by atoms with Gasteiger partial charge in [0, 0.05) is 0 Å². The van der Waals surface area contributed by atoms with E-state index in [4.69, 9.17) is 0 Å². The highest BCUT2D eigenvalue weighted by atomic mass is 13.9. The molecule has 0 amide bonds. The van der Waals surface area contributed by atoms with Crippen LogP contribution in [0.15, 0.2) is 11.6 Å². The Morgan fingerprint density at radius 1 is 1.75 bits per heavy atom. The van der Waals surface area contributed by atoms with Crippen molar-refractivity contribution in [1.82, 2.24) is 0 Å². The zero-order valence-corrected chi connectivity index (χ0v) is 5.78. The van der Waals surface area contributed by atoms with E-state index in [-0.39, 0.29) is 0 Å². The second-order valence-electron chi connectivity index (χ2n) is 1.76. The van der Waals surface area contributed by atoms with Crippen molar-refractivity contribution in [3.05, 3.63) is 25.0 Å². The molecule has 0 fully saturated rings. The zero-order chi connectivity index (χ0) is 6.41. The lowest BCUT2D eigenvalue weighted by atomic mass is 10.1. The molecule has 0 N–H and O–H groups in total. The van der Waals surface area contributed by atoms with Crippen molar-refractivity contribution in [2.75, 3.05) is 0 Å². The Morgan fingerprint density at radius 3 is 2.50 bits per heavy atom. The predicted octanol–water partition coefficient (Wildman–Crippen LogP) is 2.77. The minimum Gasteiger partial charge on any atom is -0.356 e. The molecular formula is C8H14-2. The first-order chi connectivity index (χ1) is 3.85. The first-order valence-electron chi connectivity index (χ1n) is 3.11. The van der Waals surface area contributed by atoms with Crippen LogP contribution in [0.3, 0.4) is 0 Å². The Balaban J connectivity index is 3.49. The van der Waals surface area contributed by atoms with E-state index in [2.05, 4.69) is 26.3 Å². The van der Waals surface area contributed by atoms with E-state index in [9.17, 15) is 0 Å². The molecule has 0 rings (SSSR count). The second-order valence-corrected chi connectivity index (χ2v) is 1.76. The van der Waals surface area contributed by atoms with E-state index in [1.165, 1.54) is 5.57 Å². The fourth-order valence-electron chi connectivity index (χ4n) is 0.614. The second kappa shape index (κ2) is 4.76. The summed E-state index contributed by atoms with van der Waals surface area (Å²) >= 11 is 0. The molecule has 0 unspecified atom stereocenters. The molecule has 0 aromatic rings. The van der Waals surface area contributed by atoms with Crippen molar-refractivity contribution >= 4 is 0 Å². The lowest BCUT2D eigenvalue weighted by Crippen LogP contribution is -1.75. The summed E-state index contributed by atoms with van der Waals surface area (Å²) in [5, 5.41) is 0. The first-order valence-corrected chi connectivity index (χ1v) is 3.11. The molecule has 0 aromatic heterocycles. The zero-order valence-electron chi connectivity index (χ0n) is 5.78. The summed E-state index contributed by atoms with van der Waals surface area (Å²) in [6.45, 7) is 7.97. The Bertz CT molecular complexity index is 64.1. The van der Waals surface area contributed by atoms with Gasteiger partial charge in [-0.2, -0.15) is 0 Å². The van der Waals surface area contributed by atoms with Crippen LogP contribution in [0.25, 0.3) is 0 Å². The summed E-state index contributed by atoms with van der Waals surface area (Å²) in [6.07, 6.45) is 6.27. The van der Waals surface area contributed by atoms with Crippen LogP contribution >= 0.6 is 0 Å². The maximum Gasteiger partial charge on any atom is -0.0771 e. The number of allylic oxidation sites excluding steroid dienone is 2. The van der Waals surface area contributed by atoms with Crippen molar-refractivity contribution < 1.29 is 0 Å². The van der Waals surface area contributed by atoms with Gasteiger partial charge in [-0.25, -0.2) is 24.5 Å². The molecule has 0 aliphatic rings. The molecule has 0 heterocycles. The normalized spacial score (nSPS) is 11.6. The summed E-state index contributed by atoms with van der Waals surface area (Å²) in [5.41, 5.74) is 1.42. The van der Waals surface area contributed by atoms with Crippen LogP contribution in [-0.4, -0.2) is 0 Å². The Kier molecular flexibility index (Phi) is 4.53. The molecule has 0 aromatic carbocycles. The van der Waals surface area contributed by atoms with Gasteiger partial charge in [-0.15, -0.1) is 13.3 Å². The van der Waals surface area contributed by atoms with Crippen molar-refractivity contribution in [2.45, 2.75) is 26.7 Å². The Labute approximate surface area is 52.6 Å². The van der Waals surface area contributed by atoms with E-state index in [0.29, 0.717) is 0 Å². The molecule has 0 aliphatic heterocycles. The van der Waals surface area contributed by atoms with Crippen molar-refractivity contribution in [3.63, 3.8) is 0 Å². The van der Waals surface area contributed by atoms with Gasteiger partial charge in [0.15, 0.2) is 0 Å². The quantitative estimate of drug-likeness (QED) is 0.490. The molecule has 0 nitrogen and oxygen atoms in total. The van der Waals surface area contributed by atoms with E-state index >= 15 is 0 Å². The van der Waals surface area contributed by atoms with Crippen molar-refractivity contribution in [3.8, 4) is 0 Å². The van der Waals surface area contributed by atoms with Crippen molar-refractivity contribution in [2.24, 2.45) is 0 Å². The van der Waals surface area contributed by atoms with Crippen LogP contribution in [0.1, 0.15) is 26.7 Å². The van der Waals surface area contributed by atoms with Gasteiger partial charge in [0.1, 0.15) is 0 Å². The van der Waals surface area contributed by atoms with E-state index < -0.39 is 0 Å². The van der Waals surface area contributed by atoms with Gasteiger partial charge in [-0.1, -0.05) is 6.92 Å².